The van der Waals surface area contributed by atoms with Crippen molar-refractivity contribution in [3.63, 3.8) is 0 Å². The Morgan fingerprint density at radius 3 is 2.59 bits per heavy atom. The van der Waals surface area contributed by atoms with Gasteiger partial charge < -0.3 is 0 Å². The molecule has 0 amide bonds. The van der Waals surface area contributed by atoms with Crippen molar-refractivity contribution in [2.45, 2.75) is 69.1 Å². The van der Waals surface area contributed by atoms with Crippen LogP contribution in [0, 0.1) is 11.8 Å². The van der Waals surface area contributed by atoms with E-state index in [0.717, 1.165) is 12.3 Å². The van der Waals surface area contributed by atoms with Crippen LogP contribution < -0.4 is 0 Å². The molecule has 2 fully saturated rings. The Balaban J connectivity index is 1.47. The molecule has 0 saturated heterocycles. The van der Waals surface area contributed by atoms with Crippen LogP contribution >= 0.6 is 0 Å². The van der Waals surface area contributed by atoms with Crippen LogP contribution in [0.1, 0.15) is 74.0 Å². The molecule has 3 atom stereocenters. The van der Waals surface area contributed by atoms with Gasteiger partial charge in [0.1, 0.15) is 5.78 Å². The number of hydrogen-bond acceptors (Lipinski definition) is 1. The van der Waals surface area contributed by atoms with E-state index in [2.05, 4.69) is 42.5 Å². The van der Waals surface area contributed by atoms with Gasteiger partial charge in [-0.3, -0.25) is 4.79 Å². The average molecular weight is 357 g/mol. The summed E-state index contributed by atoms with van der Waals surface area (Å²) in [6.07, 6.45) is 15.5. The summed E-state index contributed by atoms with van der Waals surface area (Å²) >= 11 is 0. The highest BCUT2D eigenvalue weighted by atomic mass is 16.1. The van der Waals surface area contributed by atoms with Crippen LogP contribution in [-0.2, 0) is 16.6 Å². The Kier molecular flexibility index (Phi) is 3.46. The predicted octanol–water partition coefficient (Wildman–Crippen LogP) is 6.24. The van der Waals surface area contributed by atoms with E-state index in [-0.39, 0.29) is 5.41 Å². The second-order valence-corrected chi connectivity index (χ2v) is 9.69. The van der Waals surface area contributed by atoms with Crippen LogP contribution in [0.2, 0.25) is 0 Å². The van der Waals surface area contributed by atoms with Gasteiger partial charge in [-0.15, -0.1) is 0 Å². The molecular weight excluding hydrogens is 328 g/mol. The fourth-order valence-electron chi connectivity index (χ4n) is 6.85. The molecule has 4 aliphatic rings. The van der Waals surface area contributed by atoms with Gasteiger partial charge in [0, 0.05) is 18.3 Å². The van der Waals surface area contributed by atoms with Gasteiger partial charge in [0.25, 0.3) is 0 Å². The fourth-order valence-corrected chi connectivity index (χ4v) is 6.85. The smallest absolute Gasteiger partial charge is 0.138 e. The van der Waals surface area contributed by atoms with Gasteiger partial charge in [0.15, 0.2) is 0 Å². The molecule has 1 spiro atoms. The number of ketones is 1. The maximum atomic E-state index is 12.7. The highest BCUT2D eigenvalue weighted by Crippen LogP contribution is 2.58. The Morgan fingerprint density at radius 1 is 0.926 bits per heavy atom. The van der Waals surface area contributed by atoms with Gasteiger partial charge in [0.05, 0.1) is 0 Å². The van der Waals surface area contributed by atoms with Crippen LogP contribution in [0.15, 0.2) is 42.5 Å². The van der Waals surface area contributed by atoms with E-state index >= 15 is 0 Å². The lowest BCUT2D eigenvalue weighted by Gasteiger charge is -2.40. The Hall–Kier alpha value is -1.89. The van der Waals surface area contributed by atoms with E-state index in [1.54, 1.807) is 0 Å². The van der Waals surface area contributed by atoms with Crippen LogP contribution in [0.3, 0.4) is 0 Å². The topological polar surface area (TPSA) is 17.1 Å². The standard InChI is InChI=1S/C26H28O/c27-24-13-22-12-21-11-19(18-4-2-1-3-5-18)7-8-20(21)14-25(22)26(16-24)15-17-6-9-23(26)10-17/h6-9,11-12,14,17-18,23H,1-5,10,13,15-16H2. The number of rotatable bonds is 1. The molecule has 2 aromatic rings. The highest BCUT2D eigenvalue weighted by molar-refractivity contribution is 5.91. The summed E-state index contributed by atoms with van der Waals surface area (Å²) in [6, 6.07) is 12.0. The lowest BCUT2D eigenvalue weighted by molar-refractivity contribution is -0.120. The fraction of sp³-hybridized carbons (Fsp3) is 0.500. The maximum Gasteiger partial charge on any atom is 0.138 e. The minimum atomic E-state index is 0.0975. The van der Waals surface area contributed by atoms with Crippen molar-refractivity contribution in [1.29, 1.82) is 0 Å². The first-order chi connectivity index (χ1) is 13.2. The van der Waals surface area contributed by atoms with Crippen molar-refractivity contribution in [3.8, 4) is 0 Å². The molecule has 0 aromatic heterocycles. The van der Waals surface area contributed by atoms with Gasteiger partial charge in [-0.25, -0.2) is 0 Å². The number of allylic oxidation sites excluding steroid dienone is 2. The molecule has 0 radical (unpaired) electrons. The molecule has 1 heteroatoms. The SMILES string of the molecule is O=C1Cc2cc3cc(C4CCCCC4)ccc3cc2C2(C1)CC1C=CC2C1. The van der Waals surface area contributed by atoms with Gasteiger partial charge in [-0.2, -0.15) is 0 Å². The van der Waals surface area contributed by atoms with E-state index in [4.69, 9.17) is 0 Å². The summed E-state index contributed by atoms with van der Waals surface area (Å²) in [5.41, 5.74) is 4.43. The van der Waals surface area contributed by atoms with E-state index in [9.17, 15) is 4.79 Å². The first kappa shape index (κ1) is 16.1. The van der Waals surface area contributed by atoms with E-state index < -0.39 is 0 Å². The lowest BCUT2D eigenvalue weighted by Crippen LogP contribution is -2.38. The van der Waals surface area contributed by atoms with Crippen molar-refractivity contribution in [3.05, 3.63) is 59.2 Å². The summed E-state index contributed by atoms with van der Waals surface area (Å²) in [4.78, 5) is 12.7. The molecule has 3 unspecified atom stereocenters. The number of carbonyl (C=O) groups excluding carboxylic acids is 1. The third-order valence-electron chi connectivity index (χ3n) is 8.11. The molecule has 138 valence electrons. The normalized spacial score (nSPS) is 32.5. The zero-order chi connectivity index (χ0) is 18.0. The van der Waals surface area contributed by atoms with Gasteiger partial charge in [0.2, 0.25) is 0 Å². The van der Waals surface area contributed by atoms with Crippen LogP contribution in [0.25, 0.3) is 10.8 Å². The molecule has 2 aromatic carbocycles. The summed E-state index contributed by atoms with van der Waals surface area (Å²) in [6.45, 7) is 0. The largest absolute Gasteiger partial charge is 0.299 e. The van der Waals surface area contributed by atoms with Crippen LogP contribution in [0.4, 0.5) is 0 Å². The summed E-state index contributed by atoms with van der Waals surface area (Å²) in [5.74, 6) is 2.46. The number of fused-ring (bicyclic) bond motifs is 6. The molecule has 2 saturated carbocycles. The molecule has 0 N–H and O–H groups in total. The predicted molar refractivity (Wildman–Crippen MR) is 110 cm³/mol. The van der Waals surface area contributed by atoms with Gasteiger partial charge >= 0.3 is 0 Å². The minimum Gasteiger partial charge on any atom is -0.299 e. The monoisotopic (exact) mass is 356 g/mol. The second kappa shape index (κ2) is 5.80. The third kappa shape index (κ3) is 2.40. The van der Waals surface area contributed by atoms with Crippen molar-refractivity contribution in [2.24, 2.45) is 11.8 Å². The zero-order valence-electron chi connectivity index (χ0n) is 16.0. The van der Waals surface area contributed by atoms with E-state index in [1.807, 2.05) is 0 Å². The maximum absolute atomic E-state index is 12.7. The Bertz CT molecular complexity index is 962. The summed E-state index contributed by atoms with van der Waals surface area (Å²) in [5, 5.41) is 2.72. The van der Waals surface area contributed by atoms with Gasteiger partial charge in [-0.1, -0.05) is 61.7 Å². The Labute approximate surface area is 161 Å². The molecule has 6 rings (SSSR count). The number of Topliss-reactive ketones (excluding diaryl/α,β-unsaturated/α-hetero) is 1. The summed E-state index contributed by atoms with van der Waals surface area (Å²) < 4.78 is 0. The minimum absolute atomic E-state index is 0.0975. The lowest BCUT2D eigenvalue weighted by atomic mass is 9.62. The highest BCUT2D eigenvalue weighted by Gasteiger charge is 2.52. The van der Waals surface area contributed by atoms with Crippen LogP contribution in [-0.4, -0.2) is 5.78 Å². The quantitative estimate of drug-likeness (QED) is 0.553. The number of hydrogen-bond donors (Lipinski definition) is 0. The third-order valence-corrected chi connectivity index (χ3v) is 8.11. The van der Waals surface area contributed by atoms with Crippen molar-refractivity contribution in [1.82, 2.24) is 0 Å². The van der Waals surface area contributed by atoms with Crippen LogP contribution in [0.5, 0.6) is 0 Å². The molecule has 2 bridgehead atoms. The van der Waals surface area contributed by atoms with E-state index in [1.165, 1.54) is 72.4 Å². The number of benzene rings is 2. The van der Waals surface area contributed by atoms with Crippen molar-refractivity contribution >= 4 is 16.6 Å². The van der Waals surface area contributed by atoms with Crippen molar-refractivity contribution in [2.75, 3.05) is 0 Å². The van der Waals surface area contributed by atoms with E-state index in [0.29, 0.717) is 24.0 Å². The molecule has 27 heavy (non-hydrogen) atoms. The number of carbonyl (C=O) groups is 1. The van der Waals surface area contributed by atoms with Crippen molar-refractivity contribution < 1.29 is 4.79 Å². The molecule has 0 heterocycles. The summed E-state index contributed by atoms with van der Waals surface area (Å²) in [7, 11) is 0. The second-order valence-electron chi connectivity index (χ2n) is 9.69. The molecule has 1 nitrogen and oxygen atoms in total. The first-order valence-electron chi connectivity index (χ1n) is 11.0. The zero-order valence-corrected chi connectivity index (χ0v) is 16.0. The Morgan fingerprint density at radius 2 is 1.81 bits per heavy atom. The van der Waals surface area contributed by atoms with Gasteiger partial charge in [-0.05, 0) is 70.9 Å². The molecule has 0 aliphatic heterocycles. The first-order valence-corrected chi connectivity index (χ1v) is 11.0. The molecule has 4 aliphatic carbocycles. The average Bonchev–Trinajstić information content (AvgIpc) is 3.28. The molecular formula is C26H28O.